The SMILES string of the molecule is Cc1noc(C)c1-c1ccc(=O)n(Cc2cccc(OCC(=O)NCCOCCOCCOCCSc3ccc(N)cc3)c2)c1. The molecule has 0 saturated heterocycles. The molecular weight excluding hydrogens is 596 g/mol. The monoisotopic (exact) mass is 636 g/mol. The number of aryl methyl sites for hydroxylation is 2. The Balaban J connectivity index is 1.04. The fourth-order valence-corrected chi connectivity index (χ4v) is 5.18. The van der Waals surface area contributed by atoms with Crippen LogP contribution in [0.2, 0.25) is 0 Å². The Labute approximate surface area is 267 Å². The number of ether oxygens (including phenoxy) is 4. The average Bonchev–Trinajstić information content (AvgIpc) is 3.38. The van der Waals surface area contributed by atoms with E-state index in [1.165, 1.54) is 11.0 Å². The number of hydrogen-bond acceptors (Lipinski definition) is 10. The normalized spacial score (nSPS) is 11.1. The lowest BCUT2D eigenvalue weighted by molar-refractivity contribution is -0.123. The second-order valence-corrected chi connectivity index (χ2v) is 11.3. The molecule has 2 heterocycles. The minimum Gasteiger partial charge on any atom is -0.484 e. The van der Waals surface area contributed by atoms with Crippen LogP contribution in [0.1, 0.15) is 17.0 Å². The molecule has 12 heteroatoms. The third-order valence-electron chi connectivity index (χ3n) is 6.62. The van der Waals surface area contributed by atoms with Crippen LogP contribution in [0.3, 0.4) is 0 Å². The second-order valence-electron chi connectivity index (χ2n) is 10.1. The summed E-state index contributed by atoms with van der Waals surface area (Å²) in [7, 11) is 0. The van der Waals surface area contributed by atoms with Crippen LogP contribution in [0.4, 0.5) is 5.69 Å². The number of amides is 1. The number of pyridine rings is 1. The molecule has 1 amide bonds. The van der Waals surface area contributed by atoms with Crippen molar-refractivity contribution in [1.82, 2.24) is 15.0 Å². The summed E-state index contributed by atoms with van der Waals surface area (Å²) in [6.45, 7) is 7.20. The van der Waals surface area contributed by atoms with Crippen molar-refractivity contribution in [2.24, 2.45) is 0 Å². The molecule has 45 heavy (non-hydrogen) atoms. The van der Waals surface area contributed by atoms with E-state index in [0.717, 1.165) is 33.8 Å². The number of carbonyl (C=O) groups excluding carboxylic acids is 1. The fraction of sp³-hybridized carbons (Fsp3) is 0.364. The van der Waals surface area contributed by atoms with Crippen LogP contribution in [-0.2, 0) is 25.5 Å². The molecule has 2 aromatic heterocycles. The maximum atomic E-state index is 12.5. The first-order valence-corrected chi connectivity index (χ1v) is 15.7. The standard InChI is InChI=1S/C33H40N4O7S/c1-24-33(25(2)44-36-24)27-6-11-32(39)37(22-27)21-26-4-3-5-29(20-26)43-23-31(38)35-12-13-40-14-15-41-16-17-42-18-19-45-30-9-7-28(34)8-10-30/h3-11,20,22H,12-19,21,23,34H2,1-2H3,(H,35,38). The minimum absolute atomic E-state index is 0.129. The molecule has 11 nitrogen and oxygen atoms in total. The van der Waals surface area contributed by atoms with Crippen LogP contribution in [0.5, 0.6) is 5.75 Å². The number of hydrogen-bond donors (Lipinski definition) is 2. The van der Waals surface area contributed by atoms with E-state index in [9.17, 15) is 9.59 Å². The second kappa shape index (κ2) is 18.0. The van der Waals surface area contributed by atoms with Gasteiger partial charge in [0.1, 0.15) is 11.5 Å². The van der Waals surface area contributed by atoms with Gasteiger partial charge in [0.05, 0.1) is 51.9 Å². The molecule has 0 unspecified atom stereocenters. The van der Waals surface area contributed by atoms with Crippen LogP contribution in [0.25, 0.3) is 11.1 Å². The number of benzene rings is 2. The first-order valence-electron chi connectivity index (χ1n) is 14.7. The van der Waals surface area contributed by atoms with Crippen molar-refractivity contribution in [3.8, 4) is 16.9 Å². The Morgan fingerprint density at radius 3 is 2.42 bits per heavy atom. The number of nitrogens with zero attached hydrogens (tertiary/aromatic N) is 2. The number of rotatable bonds is 19. The smallest absolute Gasteiger partial charge is 0.258 e. The van der Waals surface area contributed by atoms with Crippen LogP contribution in [0.15, 0.2) is 81.1 Å². The van der Waals surface area contributed by atoms with Gasteiger partial charge in [-0.2, -0.15) is 0 Å². The summed E-state index contributed by atoms with van der Waals surface area (Å²) in [5, 5.41) is 6.78. The molecule has 0 bridgehead atoms. The van der Waals surface area contributed by atoms with E-state index in [-0.39, 0.29) is 18.1 Å². The van der Waals surface area contributed by atoms with Gasteiger partial charge in [-0.15, -0.1) is 11.8 Å². The number of thioether (sulfide) groups is 1. The van der Waals surface area contributed by atoms with E-state index < -0.39 is 0 Å². The predicted molar refractivity (Wildman–Crippen MR) is 174 cm³/mol. The first kappa shape index (κ1) is 33.8. The van der Waals surface area contributed by atoms with Gasteiger partial charge >= 0.3 is 0 Å². The van der Waals surface area contributed by atoms with Gasteiger partial charge in [-0.1, -0.05) is 17.3 Å². The molecule has 240 valence electrons. The number of nitrogen functional groups attached to an aromatic ring is 1. The zero-order valence-electron chi connectivity index (χ0n) is 25.7. The Morgan fingerprint density at radius 2 is 1.69 bits per heavy atom. The minimum atomic E-state index is -0.254. The Bertz CT molecular complexity index is 1540. The van der Waals surface area contributed by atoms with Crippen molar-refractivity contribution in [3.05, 3.63) is 94.2 Å². The quantitative estimate of drug-likeness (QED) is 0.0879. The topological polar surface area (TPSA) is 140 Å². The molecule has 0 aliphatic carbocycles. The van der Waals surface area contributed by atoms with Gasteiger partial charge < -0.3 is 39.1 Å². The van der Waals surface area contributed by atoms with E-state index >= 15 is 0 Å². The van der Waals surface area contributed by atoms with Crippen LogP contribution in [0, 0.1) is 13.8 Å². The van der Waals surface area contributed by atoms with Gasteiger partial charge in [-0.3, -0.25) is 9.59 Å². The number of anilines is 1. The highest BCUT2D eigenvalue weighted by molar-refractivity contribution is 7.99. The van der Waals surface area contributed by atoms with Gasteiger partial charge in [0.15, 0.2) is 6.61 Å². The Hall–Kier alpha value is -4.10. The van der Waals surface area contributed by atoms with Crippen LogP contribution in [-0.4, -0.2) is 74.2 Å². The van der Waals surface area contributed by atoms with Gasteiger partial charge in [-0.25, -0.2) is 0 Å². The summed E-state index contributed by atoms with van der Waals surface area (Å²) in [6, 6.07) is 18.4. The summed E-state index contributed by atoms with van der Waals surface area (Å²) in [6.07, 6.45) is 1.80. The van der Waals surface area contributed by atoms with Gasteiger partial charge in [0.2, 0.25) is 0 Å². The molecule has 4 aromatic rings. The van der Waals surface area contributed by atoms with Gasteiger partial charge in [0.25, 0.3) is 11.5 Å². The molecule has 4 rings (SSSR count). The summed E-state index contributed by atoms with van der Waals surface area (Å²) in [4.78, 5) is 25.9. The van der Waals surface area contributed by atoms with Crippen molar-refractivity contribution in [2.75, 3.05) is 64.3 Å². The molecule has 0 aliphatic heterocycles. The van der Waals surface area contributed by atoms with Crippen molar-refractivity contribution in [3.63, 3.8) is 0 Å². The van der Waals surface area contributed by atoms with Crippen molar-refractivity contribution in [2.45, 2.75) is 25.3 Å². The molecule has 0 spiro atoms. The van der Waals surface area contributed by atoms with E-state index in [2.05, 4.69) is 10.5 Å². The highest BCUT2D eigenvalue weighted by atomic mass is 32.2. The van der Waals surface area contributed by atoms with E-state index in [4.69, 9.17) is 29.2 Å². The lowest BCUT2D eigenvalue weighted by atomic mass is 10.1. The van der Waals surface area contributed by atoms with E-state index in [0.29, 0.717) is 64.2 Å². The maximum Gasteiger partial charge on any atom is 0.258 e. The summed E-state index contributed by atoms with van der Waals surface area (Å²) in [5.74, 6) is 1.84. The molecule has 0 radical (unpaired) electrons. The molecule has 0 saturated carbocycles. The highest BCUT2D eigenvalue weighted by Crippen LogP contribution is 2.26. The first-order chi connectivity index (χ1) is 21.9. The number of nitrogens with two attached hydrogens (primary N) is 1. The molecule has 2 aromatic carbocycles. The molecule has 0 atom stereocenters. The third-order valence-corrected chi connectivity index (χ3v) is 7.59. The number of nitrogens with one attached hydrogen (secondary N) is 1. The Morgan fingerprint density at radius 1 is 0.956 bits per heavy atom. The molecule has 0 fully saturated rings. The largest absolute Gasteiger partial charge is 0.484 e. The van der Waals surface area contributed by atoms with Crippen molar-refractivity contribution >= 4 is 23.4 Å². The average molecular weight is 637 g/mol. The summed E-state index contributed by atoms with van der Waals surface area (Å²) < 4.78 is 29.2. The molecular formula is C33H40N4O7S. The predicted octanol–water partition coefficient (Wildman–Crippen LogP) is 4.09. The lowest BCUT2D eigenvalue weighted by Crippen LogP contribution is -2.32. The lowest BCUT2D eigenvalue weighted by Gasteiger charge is -2.11. The molecule has 3 N–H and O–H groups in total. The maximum absolute atomic E-state index is 12.5. The number of carbonyl (C=O) groups is 1. The van der Waals surface area contributed by atoms with Crippen LogP contribution >= 0.6 is 11.8 Å². The Kier molecular flexibility index (Phi) is 13.5. The van der Waals surface area contributed by atoms with Gasteiger partial charge in [0, 0.05) is 46.3 Å². The zero-order valence-corrected chi connectivity index (χ0v) is 26.5. The van der Waals surface area contributed by atoms with Crippen molar-refractivity contribution < 1.29 is 28.3 Å². The van der Waals surface area contributed by atoms with Gasteiger partial charge in [-0.05, 0) is 61.9 Å². The molecule has 0 aliphatic rings. The van der Waals surface area contributed by atoms with E-state index in [1.54, 1.807) is 34.7 Å². The number of aromatic nitrogens is 2. The van der Waals surface area contributed by atoms with E-state index in [1.807, 2.05) is 56.3 Å². The van der Waals surface area contributed by atoms with Crippen molar-refractivity contribution in [1.29, 1.82) is 0 Å². The highest BCUT2D eigenvalue weighted by Gasteiger charge is 2.13. The third kappa shape index (κ3) is 11.4. The summed E-state index contributed by atoms with van der Waals surface area (Å²) >= 11 is 1.72. The van der Waals surface area contributed by atoms with Crippen LogP contribution < -0.4 is 21.3 Å². The fourth-order valence-electron chi connectivity index (χ4n) is 4.42. The summed E-state index contributed by atoms with van der Waals surface area (Å²) in [5.41, 5.74) is 9.68. The zero-order chi connectivity index (χ0) is 31.9.